The molecule has 2 fully saturated rings. The summed E-state index contributed by atoms with van der Waals surface area (Å²) in [6.07, 6.45) is -1.06. The van der Waals surface area contributed by atoms with Gasteiger partial charge in [0.05, 0.1) is 37.5 Å². The fraction of sp³-hybridized carbons (Fsp3) is 0.440. The van der Waals surface area contributed by atoms with E-state index in [1.54, 1.807) is 24.3 Å². The zero-order chi connectivity index (χ0) is 23.2. The van der Waals surface area contributed by atoms with Gasteiger partial charge in [-0.2, -0.15) is 0 Å². The van der Waals surface area contributed by atoms with Gasteiger partial charge in [0, 0.05) is 17.5 Å². The number of amides is 2. The zero-order valence-electron chi connectivity index (χ0n) is 18.8. The minimum Gasteiger partial charge on any atom is -0.350 e. The molecule has 2 heterocycles. The molecular weight excluding hydrogens is 424 g/mol. The number of hydrogen-bond acceptors (Lipinski definition) is 6. The zero-order valence-corrected chi connectivity index (χ0v) is 18.8. The van der Waals surface area contributed by atoms with Crippen molar-refractivity contribution in [2.45, 2.75) is 57.1 Å². The van der Waals surface area contributed by atoms with Gasteiger partial charge >= 0.3 is 0 Å². The number of ether oxygens (including phenoxy) is 4. The van der Waals surface area contributed by atoms with Crippen molar-refractivity contribution in [1.82, 2.24) is 10.6 Å². The van der Waals surface area contributed by atoms with Crippen molar-refractivity contribution in [3.8, 4) is 0 Å². The molecule has 0 bridgehead atoms. The Kier molecular flexibility index (Phi) is 7.72. The van der Waals surface area contributed by atoms with Crippen LogP contribution in [0.3, 0.4) is 0 Å². The Labute approximate surface area is 193 Å². The van der Waals surface area contributed by atoms with Gasteiger partial charge in [0.15, 0.2) is 12.6 Å². The lowest BCUT2D eigenvalue weighted by atomic mass is 10.1. The van der Waals surface area contributed by atoms with E-state index < -0.39 is 12.6 Å². The van der Waals surface area contributed by atoms with Crippen LogP contribution >= 0.6 is 0 Å². The minimum absolute atomic E-state index is 0.158. The van der Waals surface area contributed by atoms with Crippen molar-refractivity contribution in [2.75, 3.05) is 13.2 Å². The number of rotatable bonds is 6. The molecule has 2 N–H and O–H groups in total. The highest BCUT2D eigenvalue weighted by Crippen LogP contribution is 2.23. The second kappa shape index (κ2) is 10.9. The van der Waals surface area contributed by atoms with Crippen LogP contribution in [0, 0.1) is 0 Å². The van der Waals surface area contributed by atoms with Gasteiger partial charge in [0.2, 0.25) is 0 Å². The Hall–Kier alpha value is -2.78. The normalized spacial score (nSPS) is 29.8. The number of hydrogen-bond donors (Lipinski definition) is 2. The van der Waals surface area contributed by atoms with Crippen LogP contribution in [0.2, 0.25) is 0 Å². The Morgan fingerprint density at radius 3 is 1.48 bits per heavy atom. The second-order valence-electron chi connectivity index (χ2n) is 8.34. The average Bonchev–Trinajstić information content (AvgIpc) is 2.83. The van der Waals surface area contributed by atoms with E-state index in [2.05, 4.69) is 10.6 Å². The molecule has 0 saturated carbocycles. The van der Waals surface area contributed by atoms with Crippen LogP contribution in [0.15, 0.2) is 60.7 Å². The molecule has 6 atom stereocenters. The largest absolute Gasteiger partial charge is 0.350 e. The van der Waals surface area contributed by atoms with E-state index in [4.69, 9.17) is 18.9 Å². The van der Waals surface area contributed by atoms with Gasteiger partial charge in [0.1, 0.15) is 0 Å². The third kappa shape index (κ3) is 6.17. The summed E-state index contributed by atoms with van der Waals surface area (Å²) in [5.74, 6) is -0.316. The molecule has 2 aromatic carbocycles. The van der Waals surface area contributed by atoms with E-state index in [-0.39, 0.29) is 36.1 Å². The first-order valence-corrected chi connectivity index (χ1v) is 11.3. The maximum Gasteiger partial charge on any atom is 0.251 e. The smallest absolute Gasteiger partial charge is 0.251 e. The highest BCUT2D eigenvalue weighted by molar-refractivity contribution is 5.94. The quantitative estimate of drug-likeness (QED) is 0.697. The molecule has 4 rings (SSSR count). The summed E-state index contributed by atoms with van der Waals surface area (Å²) in [5.41, 5.74) is 1.19. The van der Waals surface area contributed by atoms with Crippen LogP contribution in [0.4, 0.5) is 0 Å². The molecule has 8 nitrogen and oxygen atoms in total. The molecule has 176 valence electrons. The number of carbonyl (C=O) groups excluding carboxylic acids is 2. The summed E-state index contributed by atoms with van der Waals surface area (Å²) < 4.78 is 23.5. The maximum absolute atomic E-state index is 12.4. The SMILES string of the molecule is C[C@@H]1O[C@@H](C[C@H]2OC[C@@H](NC(=O)c3ccccc3)[C@@H](C)O2)OCC1NC(=O)c1ccccc1. The van der Waals surface area contributed by atoms with Crippen LogP contribution in [0.1, 0.15) is 41.0 Å². The van der Waals surface area contributed by atoms with Crippen molar-refractivity contribution in [2.24, 2.45) is 0 Å². The summed E-state index contributed by atoms with van der Waals surface area (Å²) in [6.45, 7) is 4.49. The highest BCUT2D eigenvalue weighted by Gasteiger charge is 2.36. The van der Waals surface area contributed by atoms with Crippen molar-refractivity contribution >= 4 is 11.8 Å². The van der Waals surface area contributed by atoms with Crippen LogP contribution < -0.4 is 10.6 Å². The van der Waals surface area contributed by atoms with Gasteiger partial charge in [-0.3, -0.25) is 9.59 Å². The lowest BCUT2D eigenvalue weighted by molar-refractivity contribution is -0.277. The fourth-order valence-corrected chi connectivity index (χ4v) is 3.84. The van der Waals surface area contributed by atoms with E-state index >= 15 is 0 Å². The summed E-state index contributed by atoms with van der Waals surface area (Å²) in [7, 11) is 0. The molecule has 0 aromatic heterocycles. The molecular formula is C25H30N2O6. The van der Waals surface area contributed by atoms with E-state index in [1.807, 2.05) is 50.2 Å². The molecule has 0 radical (unpaired) electrons. The molecule has 2 aromatic rings. The number of carbonyl (C=O) groups is 2. The van der Waals surface area contributed by atoms with Gasteiger partial charge in [-0.1, -0.05) is 36.4 Å². The topological polar surface area (TPSA) is 95.1 Å². The maximum atomic E-state index is 12.4. The average molecular weight is 455 g/mol. The summed E-state index contributed by atoms with van der Waals surface area (Å²) in [5, 5.41) is 5.92. The van der Waals surface area contributed by atoms with Gasteiger partial charge in [-0.25, -0.2) is 0 Å². The lowest BCUT2D eigenvalue weighted by Gasteiger charge is -2.39. The molecule has 8 heteroatoms. The van der Waals surface area contributed by atoms with Crippen molar-refractivity contribution < 1.29 is 28.5 Å². The first kappa shape index (κ1) is 23.4. The van der Waals surface area contributed by atoms with Crippen LogP contribution in [0.5, 0.6) is 0 Å². The van der Waals surface area contributed by atoms with E-state index in [0.29, 0.717) is 30.8 Å². The Balaban J connectivity index is 1.21. The minimum atomic E-state index is -0.502. The Morgan fingerprint density at radius 1 is 0.727 bits per heavy atom. The molecule has 0 spiro atoms. The van der Waals surface area contributed by atoms with Gasteiger partial charge < -0.3 is 29.6 Å². The van der Waals surface area contributed by atoms with Crippen LogP contribution in [0.25, 0.3) is 0 Å². The Bertz CT molecular complexity index is 850. The molecule has 2 aliphatic heterocycles. The predicted octanol–water partition coefficient (Wildman–Crippen LogP) is 2.50. The van der Waals surface area contributed by atoms with Crippen LogP contribution in [-0.4, -0.2) is 61.9 Å². The molecule has 0 aliphatic carbocycles. The molecule has 2 amide bonds. The second-order valence-corrected chi connectivity index (χ2v) is 8.34. The lowest BCUT2D eigenvalue weighted by Crippen LogP contribution is -2.54. The first-order valence-electron chi connectivity index (χ1n) is 11.3. The van der Waals surface area contributed by atoms with Gasteiger partial charge in [-0.15, -0.1) is 0 Å². The molecule has 2 saturated heterocycles. The Morgan fingerprint density at radius 2 is 1.12 bits per heavy atom. The van der Waals surface area contributed by atoms with Gasteiger partial charge in [0.25, 0.3) is 11.8 Å². The summed E-state index contributed by atoms with van der Waals surface area (Å²) >= 11 is 0. The van der Waals surface area contributed by atoms with Gasteiger partial charge in [-0.05, 0) is 38.1 Å². The standard InChI is InChI=1S/C25H30N2O6/c1-16-20(26-24(28)18-9-5-3-6-10-18)14-30-22(32-16)13-23-31-15-21(17(2)33-23)27-25(29)19-11-7-4-8-12-19/h3-12,16-17,20-23H,13-15H2,1-2H3,(H,26,28)(H,27,29)/t16-,17+,20-,21?,22+,23+/m1/s1. The molecule has 2 aliphatic rings. The number of benzene rings is 2. The number of nitrogens with one attached hydrogen (secondary N) is 2. The third-order valence-corrected chi connectivity index (χ3v) is 5.88. The summed E-state index contributed by atoms with van der Waals surface area (Å²) in [6, 6.07) is 17.6. The van der Waals surface area contributed by atoms with Crippen molar-refractivity contribution in [3.63, 3.8) is 0 Å². The van der Waals surface area contributed by atoms with E-state index in [0.717, 1.165) is 0 Å². The van der Waals surface area contributed by atoms with Crippen molar-refractivity contribution in [1.29, 1.82) is 0 Å². The van der Waals surface area contributed by atoms with E-state index in [9.17, 15) is 9.59 Å². The third-order valence-electron chi connectivity index (χ3n) is 5.88. The molecule has 1 unspecified atom stereocenters. The fourth-order valence-electron chi connectivity index (χ4n) is 3.84. The monoisotopic (exact) mass is 454 g/mol. The van der Waals surface area contributed by atoms with Crippen LogP contribution in [-0.2, 0) is 18.9 Å². The highest BCUT2D eigenvalue weighted by atomic mass is 16.7. The van der Waals surface area contributed by atoms with Crippen molar-refractivity contribution in [3.05, 3.63) is 71.8 Å². The van der Waals surface area contributed by atoms with E-state index in [1.165, 1.54) is 0 Å². The molecule has 33 heavy (non-hydrogen) atoms. The first-order chi connectivity index (χ1) is 16.0. The summed E-state index contributed by atoms with van der Waals surface area (Å²) in [4.78, 5) is 24.8. The predicted molar refractivity (Wildman–Crippen MR) is 121 cm³/mol.